The zero-order valence-corrected chi connectivity index (χ0v) is 27.9. The summed E-state index contributed by atoms with van der Waals surface area (Å²) in [6, 6.07) is 57.4. The van der Waals surface area contributed by atoms with Crippen molar-refractivity contribution in [3.8, 4) is 44.6 Å². The van der Waals surface area contributed by atoms with Gasteiger partial charge in [-0.3, -0.25) is 0 Å². The first-order valence-corrected chi connectivity index (χ1v) is 17.5. The summed E-state index contributed by atoms with van der Waals surface area (Å²) in [5.74, 6) is 0. The fraction of sp³-hybridized carbons (Fsp3) is 0. The second kappa shape index (κ2) is 11.2. The molecule has 0 amide bonds. The molecule has 0 bridgehead atoms. The molecule has 0 radical (unpaired) electrons. The number of benzene rings is 8. The van der Waals surface area contributed by atoms with Crippen molar-refractivity contribution in [2.24, 2.45) is 0 Å². The van der Waals surface area contributed by atoms with Crippen molar-refractivity contribution >= 4 is 65.6 Å². The van der Waals surface area contributed by atoms with E-state index in [-0.39, 0.29) is 0 Å². The molecule has 8 aromatic carbocycles. The highest BCUT2D eigenvalue weighted by Gasteiger charge is 2.16. The predicted octanol–water partition coefficient (Wildman–Crippen LogP) is 13.2. The molecule has 0 unspecified atom stereocenters. The van der Waals surface area contributed by atoms with Crippen LogP contribution in [0, 0.1) is 0 Å². The van der Waals surface area contributed by atoms with Gasteiger partial charge in [0.2, 0.25) is 0 Å². The summed E-state index contributed by atoms with van der Waals surface area (Å²) in [6.45, 7) is 0. The summed E-state index contributed by atoms with van der Waals surface area (Å²) in [5.41, 5.74) is 13.1. The van der Waals surface area contributed by atoms with Gasteiger partial charge < -0.3 is 8.83 Å². The topological polar surface area (TPSA) is 52.1 Å². The molecule has 0 aliphatic carbocycles. The Bertz CT molecular complexity index is 3200. The average molecular weight is 665 g/mol. The quantitative estimate of drug-likeness (QED) is 0.176. The molecule has 52 heavy (non-hydrogen) atoms. The number of nitrogens with zero attached hydrogens (tertiary/aromatic N) is 2. The van der Waals surface area contributed by atoms with Crippen LogP contribution in [0.5, 0.6) is 0 Å². The third-order valence-electron chi connectivity index (χ3n) is 10.4. The van der Waals surface area contributed by atoms with E-state index in [4.69, 9.17) is 18.8 Å². The molecule has 0 N–H and O–H groups in total. The van der Waals surface area contributed by atoms with E-state index in [0.29, 0.717) is 0 Å². The number of aromatic nitrogens is 2. The van der Waals surface area contributed by atoms with Gasteiger partial charge in [0.05, 0.1) is 11.2 Å². The second-order valence-electron chi connectivity index (χ2n) is 13.3. The van der Waals surface area contributed by atoms with Crippen molar-refractivity contribution in [2.45, 2.75) is 0 Å². The van der Waals surface area contributed by atoms with Crippen LogP contribution in [0.3, 0.4) is 0 Å². The van der Waals surface area contributed by atoms with Crippen LogP contribution in [0.2, 0.25) is 0 Å². The van der Waals surface area contributed by atoms with Crippen molar-refractivity contribution in [3.63, 3.8) is 0 Å². The van der Waals surface area contributed by atoms with Gasteiger partial charge >= 0.3 is 0 Å². The first-order chi connectivity index (χ1) is 25.8. The number of hydrogen-bond acceptors (Lipinski definition) is 4. The number of hydrogen-bond donors (Lipinski definition) is 0. The Balaban J connectivity index is 0.983. The molecule has 0 atom stereocenters. The Labute approximate surface area is 298 Å². The lowest BCUT2D eigenvalue weighted by Crippen LogP contribution is -1.91. The van der Waals surface area contributed by atoms with Crippen LogP contribution in [0.25, 0.3) is 110 Å². The molecule has 0 aliphatic rings. The molecule has 4 nitrogen and oxygen atoms in total. The van der Waals surface area contributed by atoms with Crippen LogP contribution in [-0.2, 0) is 0 Å². The molecule has 4 heteroatoms. The smallest absolute Gasteiger partial charge is 0.143 e. The Morgan fingerprint density at radius 3 is 1.58 bits per heavy atom. The highest BCUT2D eigenvalue weighted by molar-refractivity contribution is 6.12. The van der Waals surface area contributed by atoms with Crippen LogP contribution in [0.15, 0.2) is 179 Å². The summed E-state index contributed by atoms with van der Waals surface area (Å²) < 4.78 is 12.7. The number of para-hydroxylation sites is 4. The van der Waals surface area contributed by atoms with Crippen molar-refractivity contribution < 1.29 is 8.83 Å². The van der Waals surface area contributed by atoms with Crippen LogP contribution in [-0.4, -0.2) is 9.97 Å². The Morgan fingerprint density at radius 1 is 0.346 bits per heavy atom. The molecular formula is C48H28N2O2. The van der Waals surface area contributed by atoms with E-state index in [9.17, 15) is 0 Å². The molecule has 0 saturated heterocycles. The molecule has 3 heterocycles. The van der Waals surface area contributed by atoms with Gasteiger partial charge in [-0.15, -0.1) is 0 Å². The van der Waals surface area contributed by atoms with E-state index in [0.717, 1.165) is 110 Å². The number of furan rings is 2. The van der Waals surface area contributed by atoms with E-state index in [1.165, 1.54) is 0 Å². The first-order valence-electron chi connectivity index (χ1n) is 17.5. The highest BCUT2D eigenvalue weighted by Crippen LogP contribution is 2.40. The van der Waals surface area contributed by atoms with Crippen LogP contribution < -0.4 is 0 Å². The third kappa shape index (κ3) is 4.41. The van der Waals surface area contributed by atoms with Gasteiger partial charge in [0, 0.05) is 49.0 Å². The summed E-state index contributed by atoms with van der Waals surface area (Å²) in [4.78, 5) is 9.62. The van der Waals surface area contributed by atoms with Gasteiger partial charge in [0.15, 0.2) is 0 Å². The van der Waals surface area contributed by atoms with Crippen molar-refractivity contribution in [3.05, 3.63) is 170 Å². The molecule has 11 aromatic rings. The fourth-order valence-corrected chi connectivity index (χ4v) is 7.92. The Hall–Kier alpha value is -7.04. The number of rotatable bonds is 4. The van der Waals surface area contributed by atoms with E-state index >= 15 is 0 Å². The lowest BCUT2D eigenvalue weighted by molar-refractivity contribution is 0.669. The maximum atomic E-state index is 6.37. The second-order valence-corrected chi connectivity index (χ2v) is 13.3. The molecule has 0 saturated carbocycles. The average Bonchev–Trinajstić information content (AvgIpc) is 3.79. The van der Waals surface area contributed by atoms with Gasteiger partial charge in [0.25, 0.3) is 0 Å². The van der Waals surface area contributed by atoms with E-state index in [1.807, 2.05) is 24.3 Å². The zero-order valence-electron chi connectivity index (χ0n) is 27.9. The molecule has 11 rings (SSSR count). The minimum Gasteiger partial charge on any atom is -0.455 e. The largest absolute Gasteiger partial charge is 0.455 e. The van der Waals surface area contributed by atoms with Gasteiger partial charge in [-0.1, -0.05) is 127 Å². The van der Waals surface area contributed by atoms with Crippen LogP contribution in [0.4, 0.5) is 0 Å². The normalized spacial score (nSPS) is 11.8. The Kier molecular flexibility index (Phi) is 6.22. The summed E-state index contributed by atoms with van der Waals surface area (Å²) in [6.07, 6.45) is 1.68. The standard InChI is InChI=1S/C48H28N2O2/c1-3-19-43-38(13-1)40-17-7-15-36(47(40)51-43)31-10-5-9-29(25-31)30-21-23-35-33(26-30)22-24-42-45(49-28-50-46(35)42)34-12-6-11-32(27-34)37-16-8-18-41-39-14-2-4-20-44(39)52-48(37)41/h1-28H. The molecular weight excluding hydrogens is 637 g/mol. The lowest BCUT2D eigenvalue weighted by Gasteiger charge is -2.11. The van der Waals surface area contributed by atoms with Gasteiger partial charge in [-0.25, -0.2) is 9.97 Å². The van der Waals surface area contributed by atoms with E-state index < -0.39 is 0 Å². The molecule has 242 valence electrons. The van der Waals surface area contributed by atoms with Crippen molar-refractivity contribution in [1.82, 2.24) is 9.97 Å². The summed E-state index contributed by atoms with van der Waals surface area (Å²) in [7, 11) is 0. The van der Waals surface area contributed by atoms with Gasteiger partial charge in [0.1, 0.15) is 28.7 Å². The summed E-state index contributed by atoms with van der Waals surface area (Å²) in [5, 5.41) is 7.75. The Morgan fingerprint density at radius 2 is 0.885 bits per heavy atom. The predicted molar refractivity (Wildman–Crippen MR) is 213 cm³/mol. The third-order valence-corrected chi connectivity index (χ3v) is 10.4. The maximum Gasteiger partial charge on any atom is 0.143 e. The highest BCUT2D eigenvalue weighted by atomic mass is 16.3. The zero-order chi connectivity index (χ0) is 34.2. The van der Waals surface area contributed by atoms with Crippen LogP contribution in [0.1, 0.15) is 0 Å². The molecule has 3 aromatic heterocycles. The van der Waals surface area contributed by atoms with E-state index in [1.54, 1.807) is 6.33 Å². The van der Waals surface area contributed by atoms with Crippen molar-refractivity contribution in [1.29, 1.82) is 0 Å². The SMILES string of the molecule is c1cc(-c2ccc3c(ccc4c(-c5cccc(-c6cccc7c6oc6ccccc67)c5)ncnc43)c2)cc(-c2cccc3c2oc2ccccc23)c1. The van der Waals surface area contributed by atoms with Crippen LogP contribution >= 0.6 is 0 Å². The lowest BCUT2D eigenvalue weighted by atomic mass is 9.95. The van der Waals surface area contributed by atoms with Gasteiger partial charge in [-0.05, 0) is 64.0 Å². The first kappa shape index (κ1) is 28.8. The summed E-state index contributed by atoms with van der Waals surface area (Å²) >= 11 is 0. The maximum absolute atomic E-state index is 6.37. The molecule has 0 spiro atoms. The van der Waals surface area contributed by atoms with E-state index in [2.05, 4.69) is 140 Å². The number of fused-ring (bicyclic) bond motifs is 9. The minimum absolute atomic E-state index is 0.894. The minimum atomic E-state index is 0.894. The fourth-order valence-electron chi connectivity index (χ4n) is 7.92. The van der Waals surface area contributed by atoms with Crippen molar-refractivity contribution in [2.75, 3.05) is 0 Å². The molecule has 0 aliphatic heterocycles. The van der Waals surface area contributed by atoms with Gasteiger partial charge in [-0.2, -0.15) is 0 Å². The monoisotopic (exact) mass is 664 g/mol. The molecule has 0 fully saturated rings.